The summed E-state index contributed by atoms with van der Waals surface area (Å²) in [6.45, 7) is 0. The van der Waals surface area contributed by atoms with Crippen LogP contribution in [-0.4, -0.2) is 4.55 Å². The minimum Gasteiger partial charge on any atom is -0.606 e. The summed E-state index contributed by atoms with van der Waals surface area (Å²) in [6, 6.07) is 19.0. The highest BCUT2D eigenvalue weighted by molar-refractivity contribution is 8.93. The Morgan fingerprint density at radius 2 is 0.938 bits per heavy atom. The summed E-state index contributed by atoms with van der Waals surface area (Å²) >= 11 is -1.05. The smallest absolute Gasteiger partial charge is 0.158 e. The van der Waals surface area contributed by atoms with Gasteiger partial charge in [0, 0.05) is 11.2 Å². The van der Waals surface area contributed by atoms with Crippen LogP contribution in [0.4, 0.5) is 0 Å². The van der Waals surface area contributed by atoms with Gasteiger partial charge in [0.15, 0.2) is 9.79 Å². The predicted octanol–water partition coefficient (Wildman–Crippen LogP) is 4.01. The average molecular weight is 364 g/mol. The minimum absolute atomic E-state index is 0. The summed E-state index contributed by atoms with van der Waals surface area (Å²) in [5.74, 6) is 0. The van der Waals surface area contributed by atoms with Crippen molar-refractivity contribution < 1.29 is 4.55 Å². The molecule has 2 rings (SSSR count). The van der Waals surface area contributed by atoms with E-state index in [2.05, 4.69) is 0 Å². The van der Waals surface area contributed by atoms with Crippen molar-refractivity contribution in [3.8, 4) is 0 Å². The molecular formula is C12H12Br2OS. The van der Waals surface area contributed by atoms with Crippen LogP contribution in [0.1, 0.15) is 0 Å². The van der Waals surface area contributed by atoms with Crippen LogP contribution in [0.3, 0.4) is 0 Å². The zero-order valence-corrected chi connectivity index (χ0v) is 12.6. The standard InChI is InChI=1S/C12H10OS.2BrH/c13-14(11-7-3-1-4-8-11)12-9-5-2-6-10-12;;/h1-10H;2*1H. The van der Waals surface area contributed by atoms with Crippen LogP contribution in [0.5, 0.6) is 0 Å². The Bertz CT molecular complexity index is 355. The number of hydrogen-bond acceptors (Lipinski definition) is 1. The van der Waals surface area contributed by atoms with Crippen molar-refractivity contribution in [3.63, 3.8) is 0 Å². The molecule has 0 aliphatic carbocycles. The van der Waals surface area contributed by atoms with E-state index in [0.29, 0.717) is 0 Å². The van der Waals surface area contributed by atoms with Crippen LogP contribution in [0, 0.1) is 0 Å². The van der Waals surface area contributed by atoms with Crippen molar-refractivity contribution in [1.29, 1.82) is 0 Å². The molecule has 0 N–H and O–H groups in total. The largest absolute Gasteiger partial charge is 0.606 e. The molecule has 0 unspecified atom stereocenters. The normalized spacial score (nSPS) is 9.12. The quantitative estimate of drug-likeness (QED) is 0.739. The molecule has 0 aliphatic rings. The third kappa shape index (κ3) is 3.94. The highest BCUT2D eigenvalue weighted by atomic mass is 79.9. The summed E-state index contributed by atoms with van der Waals surface area (Å²) in [6.07, 6.45) is 0. The Balaban J connectivity index is 0.00000112. The molecule has 2 aromatic rings. The van der Waals surface area contributed by atoms with Gasteiger partial charge < -0.3 is 4.55 Å². The van der Waals surface area contributed by atoms with Crippen molar-refractivity contribution >= 4 is 45.1 Å². The molecule has 0 saturated carbocycles. The van der Waals surface area contributed by atoms with E-state index in [1.54, 1.807) is 0 Å². The molecule has 0 heterocycles. The average Bonchev–Trinajstić information content (AvgIpc) is 2.30. The van der Waals surface area contributed by atoms with E-state index in [9.17, 15) is 4.55 Å². The topological polar surface area (TPSA) is 23.1 Å². The first-order chi connectivity index (χ1) is 6.88. The number of hydrogen-bond donors (Lipinski definition) is 0. The van der Waals surface area contributed by atoms with Gasteiger partial charge >= 0.3 is 0 Å². The lowest BCUT2D eigenvalue weighted by molar-refractivity contribution is 0.595. The van der Waals surface area contributed by atoms with Crippen LogP contribution in [0.2, 0.25) is 0 Å². The molecule has 0 radical (unpaired) electrons. The van der Waals surface area contributed by atoms with Crippen molar-refractivity contribution in [2.45, 2.75) is 9.79 Å². The van der Waals surface area contributed by atoms with Crippen LogP contribution < -0.4 is 0 Å². The molecule has 2 aromatic carbocycles. The molecule has 16 heavy (non-hydrogen) atoms. The van der Waals surface area contributed by atoms with Gasteiger partial charge in [-0.15, -0.1) is 34.0 Å². The van der Waals surface area contributed by atoms with E-state index in [1.807, 2.05) is 60.7 Å². The van der Waals surface area contributed by atoms with Crippen LogP contribution in [0.15, 0.2) is 70.5 Å². The van der Waals surface area contributed by atoms with E-state index in [0.717, 1.165) is 9.79 Å². The fraction of sp³-hybridized carbons (Fsp3) is 0. The van der Waals surface area contributed by atoms with Gasteiger partial charge in [0.2, 0.25) is 0 Å². The summed E-state index contributed by atoms with van der Waals surface area (Å²) in [5, 5.41) is 0. The Labute approximate surface area is 120 Å². The molecule has 0 spiro atoms. The van der Waals surface area contributed by atoms with Gasteiger partial charge in [-0.05, 0) is 24.3 Å². The maximum absolute atomic E-state index is 12.0. The first kappa shape index (κ1) is 15.7. The lowest BCUT2D eigenvalue weighted by Crippen LogP contribution is -2.00. The van der Waals surface area contributed by atoms with Gasteiger partial charge in [-0.25, -0.2) is 0 Å². The predicted molar refractivity (Wildman–Crippen MR) is 78.2 cm³/mol. The Morgan fingerprint density at radius 3 is 1.25 bits per heavy atom. The Hall–Kier alpha value is -0.290. The highest BCUT2D eigenvalue weighted by Gasteiger charge is 2.12. The molecule has 0 aromatic heterocycles. The molecule has 4 heteroatoms. The van der Waals surface area contributed by atoms with Crippen molar-refractivity contribution in [3.05, 3.63) is 60.7 Å². The molecule has 86 valence electrons. The third-order valence-corrected chi connectivity index (χ3v) is 3.32. The SMILES string of the molecule is Br.Br.[O-][S+](c1ccccc1)c1ccccc1. The zero-order valence-electron chi connectivity index (χ0n) is 8.41. The van der Waals surface area contributed by atoms with E-state index in [1.165, 1.54) is 0 Å². The Kier molecular flexibility index (Phi) is 7.76. The number of benzene rings is 2. The van der Waals surface area contributed by atoms with Crippen molar-refractivity contribution in [2.75, 3.05) is 0 Å². The van der Waals surface area contributed by atoms with E-state index >= 15 is 0 Å². The minimum atomic E-state index is -1.05. The highest BCUT2D eigenvalue weighted by Crippen LogP contribution is 2.19. The van der Waals surface area contributed by atoms with E-state index < -0.39 is 11.2 Å². The van der Waals surface area contributed by atoms with Gasteiger partial charge in [-0.2, -0.15) is 0 Å². The zero-order chi connectivity index (χ0) is 9.80. The third-order valence-electron chi connectivity index (χ3n) is 1.91. The maximum Gasteiger partial charge on any atom is 0.158 e. The van der Waals surface area contributed by atoms with Crippen molar-refractivity contribution in [1.82, 2.24) is 0 Å². The first-order valence-electron chi connectivity index (χ1n) is 4.40. The van der Waals surface area contributed by atoms with Crippen LogP contribution in [-0.2, 0) is 11.2 Å². The van der Waals surface area contributed by atoms with Crippen molar-refractivity contribution in [2.24, 2.45) is 0 Å². The van der Waals surface area contributed by atoms with Crippen LogP contribution in [0.25, 0.3) is 0 Å². The lowest BCUT2D eigenvalue weighted by atomic mass is 10.4. The van der Waals surface area contributed by atoms with Gasteiger partial charge in [0.05, 0.1) is 0 Å². The molecule has 0 fully saturated rings. The fourth-order valence-corrected chi connectivity index (χ4v) is 2.31. The van der Waals surface area contributed by atoms with Gasteiger partial charge in [-0.3, -0.25) is 0 Å². The first-order valence-corrected chi connectivity index (χ1v) is 5.55. The second kappa shape index (κ2) is 7.90. The van der Waals surface area contributed by atoms with Gasteiger partial charge in [0.1, 0.15) is 0 Å². The number of halogens is 2. The lowest BCUT2D eigenvalue weighted by Gasteiger charge is -2.08. The molecule has 0 saturated heterocycles. The summed E-state index contributed by atoms with van der Waals surface area (Å²) in [4.78, 5) is 1.69. The van der Waals surface area contributed by atoms with Gasteiger partial charge in [-0.1, -0.05) is 36.4 Å². The molecular weight excluding hydrogens is 352 g/mol. The number of rotatable bonds is 2. The fourth-order valence-electron chi connectivity index (χ4n) is 1.22. The van der Waals surface area contributed by atoms with Crippen LogP contribution >= 0.6 is 34.0 Å². The molecule has 0 amide bonds. The molecule has 0 atom stereocenters. The van der Waals surface area contributed by atoms with E-state index in [-0.39, 0.29) is 34.0 Å². The maximum atomic E-state index is 12.0. The molecule has 0 bridgehead atoms. The summed E-state index contributed by atoms with van der Waals surface area (Å²) < 4.78 is 12.0. The molecule has 1 nitrogen and oxygen atoms in total. The summed E-state index contributed by atoms with van der Waals surface area (Å²) in [7, 11) is 0. The second-order valence-electron chi connectivity index (χ2n) is 2.89. The monoisotopic (exact) mass is 362 g/mol. The van der Waals surface area contributed by atoms with E-state index in [4.69, 9.17) is 0 Å². The molecule has 0 aliphatic heterocycles. The Morgan fingerprint density at radius 1 is 0.625 bits per heavy atom. The van der Waals surface area contributed by atoms with Gasteiger partial charge in [0.25, 0.3) is 0 Å². The summed E-state index contributed by atoms with van der Waals surface area (Å²) in [5.41, 5.74) is 0. The second-order valence-corrected chi connectivity index (χ2v) is 4.38.